The first-order valence-electron chi connectivity index (χ1n) is 10.4. The Hall–Kier alpha value is -3.22. The Labute approximate surface area is 202 Å². The van der Waals surface area contributed by atoms with E-state index in [9.17, 15) is 9.59 Å². The molecule has 0 saturated carbocycles. The third kappa shape index (κ3) is 5.97. The predicted octanol–water partition coefficient (Wildman–Crippen LogP) is 6.34. The summed E-state index contributed by atoms with van der Waals surface area (Å²) in [7, 11) is 0. The largest absolute Gasteiger partial charge is 0.492 e. The zero-order chi connectivity index (χ0) is 23.2. The summed E-state index contributed by atoms with van der Waals surface area (Å²) in [6.07, 6.45) is 1.70. The van der Waals surface area contributed by atoms with Crippen LogP contribution in [0.4, 0.5) is 4.79 Å². The number of imide groups is 1. The van der Waals surface area contributed by atoms with Crippen molar-refractivity contribution < 1.29 is 19.1 Å². The number of thioether (sulfide) groups is 1. The highest BCUT2D eigenvalue weighted by Gasteiger charge is 2.35. The summed E-state index contributed by atoms with van der Waals surface area (Å²) in [6.45, 7) is 2.81. The molecule has 0 aromatic heterocycles. The van der Waals surface area contributed by atoms with Gasteiger partial charge in [-0.25, -0.2) is 0 Å². The molecule has 4 rings (SSSR count). The second kappa shape index (κ2) is 10.6. The van der Waals surface area contributed by atoms with E-state index in [4.69, 9.17) is 21.1 Å². The van der Waals surface area contributed by atoms with Crippen molar-refractivity contribution in [1.82, 2.24) is 4.90 Å². The van der Waals surface area contributed by atoms with Gasteiger partial charge >= 0.3 is 0 Å². The average molecular weight is 480 g/mol. The van der Waals surface area contributed by atoms with Gasteiger partial charge in [-0.2, -0.15) is 0 Å². The van der Waals surface area contributed by atoms with Crippen LogP contribution in [0.1, 0.15) is 16.7 Å². The number of benzene rings is 3. The highest BCUT2D eigenvalue weighted by atomic mass is 35.5. The number of amides is 2. The van der Waals surface area contributed by atoms with Gasteiger partial charge < -0.3 is 9.47 Å². The Morgan fingerprint density at radius 1 is 0.970 bits per heavy atom. The molecule has 1 aliphatic heterocycles. The first-order valence-corrected chi connectivity index (χ1v) is 11.6. The Bertz CT molecular complexity index is 1190. The van der Waals surface area contributed by atoms with Crippen molar-refractivity contribution >= 4 is 40.6 Å². The maximum absolute atomic E-state index is 12.8. The molecule has 2 amide bonds. The monoisotopic (exact) mass is 479 g/mol. The summed E-state index contributed by atoms with van der Waals surface area (Å²) in [5.74, 6) is 0.941. The van der Waals surface area contributed by atoms with E-state index in [-0.39, 0.29) is 24.3 Å². The molecule has 0 radical (unpaired) electrons. The third-order valence-electron chi connectivity index (χ3n) is 4.95. The lowest BCUT2D eigenvalue weighted by Gasteiger charge is -2.13. The molecule has 1 aliphatic rings. The van der Waals surface area contributed by atoms with Crippen molar-refractivity contribution in [3.63, 3.8) is 0 Å². The molecular weight excluding hydrogens is 458 g/mol. The number of aryl methyl sites for hydroxylation is 1. The van der Waals surface area contributed by atoms with Gasteiger partial charge in [0.2, 0.25) is 0 Å². The maximum Gasteiger partial charge on any atom is 0.293 e. The fourth-order valence-corrected chi connectivity index (χ4v) is 4.30. The molecule has 1 fully saturated rings. The number of ether oxygens (including phenoxy) is 2. The smallest absolute Gasteiger partial charge is 0.293 e. The van der Waals surface area contributed by atoms with Crippen molar-refractivity contribution in [2.45, 2.75) is 13.5 Å². The average Bonchev–Trinajstić information content (AvgIpc) is 3.07. The number of hydrogen-bond acceptors (Lipinski definition) is 5. The van der Waals surface area contributed by atoms with E-state index in [0.29, 0.717) is 28.0 Å². The molecule has 0 N–H and O–H groups in total. The van der Waals surface area contributed by atoms with Crippen LogP contribution in [0.25, 0.3) is 6.08 Å². The van der Waals surface area contributed by atoms with E-state index in [1.807, 2.05) is 49.4 Å². The molecule has 0 spiro atoms. The highest BCUT2D eigenvalue weighted by Crippen LogP contribution is 2.34. The molecular formula is C26H22ClNO4S. The molecule has 168 valence electrons. The summed E-state index contributed by atoms with van der Waals surface area (Å²) in [5, 5.41) is 0.297. The Morgan fingerprint density at radius 3 is 2.55 bits per heavy atom. The van der Waals surface area contributed by atoms with Crippen LogP contribution in [0.2, 0.25) is 5.02 Å². The molecule has 5 nitrogen and oxygen atoms in total. The van der Waals surface area contributed by atoms with Crippen LogP contribution < -0.4 is 9.47 Å². The molecule has 0 aliphatic carbocycles. The van der Waals surface area contributed by atoms with E-state index in [1.54, 1.807) is 30.3 Å². The van der Waals surface area contributed by atoms with Crippen LogP contribution in [0.15, 0.2) is 77.7 Å². The van der Waals surface area contributed by atoms with Gasteiger partial charge in [0.05, 0.1) is 11.4 Å². The Kier molecular flexibility index (Phi) is 7.37. The van der Waals surface area contributed by atoms with Gasteiger partial charge in [-0.1, -0.05) is 59.6 Å². The SMILES string of the molecule is Cc1cccc(COc2ccccc2/C=C2\SC(=O)N(CCOc3ccc(Cl)cc3)C2=O)c1. The maximum atomic E-state index is 12.8. The minimum absolute atomic E-state index is 0.163. The molecule has 0 bridgehead atoms. The molecule has 7 heteroatoms. The first-order chi connectivity index (χ1) is 16.0. The molecule has 3 aromatic rings. The first kappa shape index (κ1) is 23.0. The lowest BCUT2D eigenvalue weighted by Crippen LogP contribution is -2.32. The summed E-state index contributed by atoms with van der Waals surface area (Å²) in [6, 6.07) is 22.5. The van der Waals surface area contributed by atoms with Gasteiger partial charge in [0.25, 0.3) is 11.1 Å². The lowest BCUT2D eigenvalue weighted by atomic mass is 10.1. The van der Waals surface area contributed by atoms with Crippen LogP contribution in [0, 0.1) is 6.92 Å². The zero-order valence-electron chi connectivity index (χ0n) is 18.0. The third-order valence-corrected chi connectivity index (χ3v) is 6.11. The fourth-order valence-electron chi connectivity index (χ4n) is 3.31. The molecule has 0 unspecified atom stereocenters. The van der Waals surface area contributed by atoms with Crippen molar-refractivity contribution in [3.05, 3.63) is 99.4 Å². The van der Waals surface area contributed by atoms with E-state index in [1.165, 1.54) is 4.90 Å². The predicted molar refractivity (Wildman–Crippen MR) is 132 cm³/mol. The number of hydrogen-bond donors (Lipinski definition) is 0. The van der Waals surface area contributed by atoms with Gasteiger partial charge in [0, 0.05) is 10.6 Å². The fraction of sp³-hybridized carbons (Fsp3) is 0.154. The summed E-state index contributed by atoms with van der Waals surface area (Å²) in [5.41, 5.74) is 2.97. The number of para-hydroxylation sites is 1. The summed E-state index contributed by atoms with van der Waals surface area (Å²) in [4.78, 5) is 26.8. The normalized spacial score (nSPS) is 14.7. The van der Waals surface area contributed by atoms with Gasteiger partial charge in [-0.3, -0.25) is 14.5 Å². The van der Waals surface area contributed by atoms with Gasteiger partial charge in [-0.15, -0.1) is 0 Å². The van der Waals surface area contributed by atoms with Crippen molar-refractivity contribution in [3.8, 4) is 11.5 Å². The highest BCUT2D eigenvalue weighted by molar-refractivity contribution is 8.18. The van der Waals surface area contributed by atoms with Gasteiger partial charge in [-0.05, 0) is 60.7 Å². The molecule has 3 aromatic carbocycles. The summed E-state index contributed by atoms with van der Waals surface area (Å²) >= 11 is 6.79. The van der Waals surface area contributed by atoms with Crippen LogP contribution >= 0.6 is 23.4 Å². The van der Waals surface area contributed by atoms with Crippen LogP contribution in [-0.4, -0.2) is 29.2 Å². The number of carbonyl (C=O) groups is 2. The number of rotatable bonds is 8. The second-order valence-electron chi connectivity index (χ2n) is 7.45. The summed E-state index contributed by atoms with van der Waals surface area (Å²) < 4.78 is 11.6. The van der Waals surface area contributed by atoms with E-state index in [0.717, 1.165) is 28.5 Å². The van der Waals surface area contributed by atoms with Crippen LogP contribution in [0.5, 0.6) is 11.5 Å². The second-order valence-corrected chi connectivity index (χ2v) is 8.88. The minimum atomic E-state index is -0.335. The van der Waals surface area contributed by atoms with Gasteiger partial charge in [0.15, 0.2) is 0 Å². The van der Waals surface area contributed by atoms with Crippen molar-refractivity contribution in [1.29, 1.82) is 0 Å². The molecule has 1 heterocycles. The van der Waals surface area contributed by atoms with E-state index >= 15 is 0 Å². The lowest BCUT2D eigenvalue weighted by molar-refractivity contribution is -0.123. The zero-order valence-corrected chi connectivity index (χ0v) is 19.6. The van der Waals surface area contributed by atoms with Gasteiger partial charge in [0.1, 0.15) is 24.7 Å². The standard InChI is InChI=1S/C26H22ClNO4S/c1-18-5-4-6-19(15-18)17-32-23-8-3-2-7-20(23)16-24-25(29)28(26(30)33-24)13-14-31-22-11-9-21(27)10-12-22/h2-12,15-16H,13-14,17H2,1H3/b24-16-. The topological polar surface area (TPSA) is 55.8 Å². The van der Waals surface area contributed by atoms with E-state index in [2.05, 4.69) is 6.07 Å². The Balaban J connectivity index is 1.41. The molecule has 33 heavy (non-hydrogen) atoms. The molecule has 0 atom stereocenters. The Morgan fingerprint density at radius 2 is 1.76 bits per heavy atom. The number of halogens is 1. The number of carbonyl (C=O) groups excluding carboxylic acids is 2. The quantitative estimate of drug-likeness (QED) is 0.353. The van der Waals surface area contributed by atoms with Crippen LogP contribution in [-0.2, 0) is 11.4 Å². The van der Waals surface area contributed by atoms with Crippen molar-refractivity contribution in [2.24, 2.45) is 0 Å². The number of nitrogens with zero attached hydrogens (tertiary/aromatic N) is 1. The van der Waals surface area contributed by atoms with Crippen molar-refractivity contribution in [2.75, 3.05) is 13.2 Å². The van der Waals surface area contributed by atoms with E-state index < -0.39 is 0 Å². The molecule has 1 saturated heterocycles. The van der Waals surface area contributed by atoms with Crippen LogP contribution in [0.3, 0.4) is 0 Å². The minimum Gasteiger partial charge on any atom is -0.492 e.